The lowest BCUT2D eigenvalue weighted by atomic mass is 9.96. The summed E-state index contributed by atoms with van der Waals surface area (Å²) in [5, 5.41) is 9.57. The van der Waals surface area contributed by atoms with Crippen LogP contribution in [0.15, 0.2) is 36.4 Å². The molecule has 0 heterocycles. The zero-order valence-corrected chi connectivity index (χ0v) is 10.5. The fraction of sp³-hybridized carbons (Fsp3) is 0.200. The Balaban J connectivity index is 2.46. The van der Waals surface area contributed by atoms with Gasteiger partial charge in [0.05, 0.1) is 5.56 Å². The Kier molecular flexibility index (Phi) is 3.27. The largest absolute Gasteiger partial charge is 0.508 e. The molecule has 0 aliphatic rings. The third-order valence-corrected chi connectivity index (χ3v) is 3.28. The van der Waals surface area contributed by atoms with E-state index in [1.54, 1.807) is 19.1 Å². The van der Waals surface area contributed by atoms with Gasteiger partial charge in [-0.1, -0.05) is 18.2 Å². The van der Waals surface area contributed by atoms with E-state index in [0.29, 0.717) is 5.56 Å². The van der Waals surface area contributed by atoms with Crippen molar-refractivity contribution >= 4 is 0 Å². The molecule has 0 aliphatic carbocycles. The second kappa shape index (κ2) is 4.61. The molecule has 0 amide bonds. The van der Waals surface area contributed by atoms with E-state index in [1.165, 1.54) is 12.1 Å². The summed E-state index contributed by atoms with van der Waals surface area (Å²) in [7, 11) is 0. The highest BCUT2D eigenvalue weighted by Gasteiger charge is 2.30. The molecule has 0 atom stereocenters. The van der Waals surface area contributed by atoms with Gasteiger partial charge in [-0.15, -0.1) is 0 Å². The van der Waals surface area contributed by atoms with Crippen molar-refractivity contribution in [3.63, 3.8) is 0 Å². The minimum atomic E-state index is -4.32. The van der Waals surface area contributed by atoms with E-state index < -0.39 is 11.7 Å². The fourth-order valence-corrected chi connectivity index (χ4v) is 1.96. The lowest BCUT2D eigenvalue weighted by Gasteiger charge is -2.12. The zero-order valence-electron chi connectivity index (χ0n) is 10.5. The van der Waals surface area contributed by atoms with Crippen molar-refractivity contribution in [2.24, 2.45) is 0 Å². The topological polar surface area (TPSA) is 20.2 Å². The maximum Gasteiger partial charge on any atom is 0.416 e. The Hall–Kier alpha value is -1.97. The molecule has 0 fully saturated rings. The predicted molar refractivity (Wildman–Crippen MR) is 68.0 cm³/mol. The number of hydrogen-bond donors (Lipinski definition) is 1. The lowest BCUT2D eigenvalue weighted by Crippen LogP contribution is -2.04. The first kappa shape index (κ1) is 13.5. The summed E-state index contributed by atoms with van der Waals surface area (Å²) in [4.78, 5) is 0. The number of phenols is 1. The quantitative estimate of drug-likeness (QED) is 0.793. The highest BCUT2D eigenvalue weighted by molar-refractivity contribution is 5.70. The molecule has 100 valence electrons. The Bertz CT molecular complexity index is 598. The van der Waals surface area contributed by atoms with Crippen LogP contribution in [0.2, 0.25) is 0 Å². The van der Waals surface area contributed by atoms with Crippen LogP contribution in [0.5, 0.6) is 5.75 Å². The maximum atomic E-state index is 12.5. The van der Waals surface area contributed by atoms with E-state index in [4.69, 9.17) is 0 Å². The van der Waals surface area contributed by atoms with Gasteiger partial charge in [0.2, 0.25) is 0 Å². The first-order valence-electron chi connectivity index (χ1n) is 5.77. The van der Waals surface area contributed by atoms with Gasteiger partial charge < -0.3 is 5.11 Å². The van der Waals surface area contributed by atoms with Crippen LogP contribution >= 0.6 is 0 Å². The molecule has 0 unspecified atom stereocenters. The minimum Gasteiger partial charge on any atom is -0.508 e. The third kappa shape index (κ3) is 2.57. The molecule has 1 N–H and O–H groups in total. The van der Waals surface area contributed by atoms with Crippen molar-refractivity contribution < 1.29 is 18.3 Å². The van der Waals surface area contributed by atoms with Gasteiger partial charge in [0, 0.05) is 0 Å². The summed E-state index contributed by atoms with van der Waals surface area (Å²) in [5.74, 6) is 0.188. The average Bonchev–Trinajstić information content (AvgIpc) is 2.35. The predicted octanol–water partition coefficient (Wildman–Crippen LogP) is 4.69. The molecular formula is C15H13F3O. The Labute approximate surface area is 109 Å². The van der Waals surface area contributed by atoms with Gasteiger partial charge in [-0.3, -0.25) is 0 Å². The monoisotopic (exact) mass is 266 g/mol. The van der Waals surface area contributed by atoms with Gasteiger partial charge in [-0.25, -0.2) is 0 Å². The first-order valence-corrected chi connectivity index (χ1v) is 5.77. The Morgan fingerprint density at radius 1 is 0.842 bits per heavy atom. The van der Waals surface area contributed by atoms with Gasteiger partial charge in [-0.2, -0.15) is 13.2 Å². The molecule has 0 spiro atoms. The molecule has 0 aromatic heterocycles. The van der Waals surface area contributed by atoms with Gasteiger partial charge >= 0.3 is 6.18 Å². The van der Waals surface area contributed by atoms with Crippen molar-refractivity contribution in [3.8, 4) is 16.9 Å². The van der Waals surface area contributed by atoms with Gasteiger partial charge in [0.1, 0.15) is 5.75 Å². The summed E-state index contributed by atoms with van der Waals surface area (Å²) in [6.45, 7) is 3.61. The molecule has 0 radical (unpaired) electrons. The zero-order chi connectivity index (χ0) is 14.2. The standard InChI is InChI=1S/C15H13F3O/c1-9-10(2)14(19)8-7-13(9)11-3-5-12(6-4-11)15(16,17)18/h3-8,19H,1-2H3. The second-order valence-corrected chi connectivity index (χ2v) is 4.46. The van der Waals surface area contributed by atoms with E-state index in [9.17, 15) is 18.3 Å². The van der Waals surface area contributed by atoms with Crippen LogP contribution in [0.1, 0.15) is 16.7 Å². The van der Waals surface area contributed by atoms with E-state index in [0.717, 1.165) is 28.8 Å². The number of rotatable bonds is 1. The molecule has 4 heteroatoms. The smallest absolute Gasteiger partial charge is 0.416 e. The third-order valence-electron chi connectivity index (χ3n) is 3.28. The van der Waals surface area contributed by atoms with Crippen LogP contribution in [-0.2, 0) is 6.18 Å². The van der Waals surface area contributed by atoms with Crippen molar-refractivity contribution in [1.82, 2.24) is 0 Å². The summed E-state index contributed by atoms with van der Waals surface area (Å²) in [6, 6.07) is 8.28. The van der Waals surface area contributed by atoms with Crippen LogP contribution in [0.3, 0.4) is 0 Å². The summed E-state index contributed by atoms with van der Waals surface area (Å²) >= 11 is 0. The molecule has 0 bridgehead atoms. The highest BCUT2D eigenvalue weighted by Crippen LogP contribution is 2.33. The summed E-state index contributed by atoms with van der Waals surface area (Å²) < 4.78 is 37.5. The number of hydrogen-bond acceptors (Lipinski definition) is 1. The Morgan fingerprint density at radius 3 is 1.95 bits per heavy atom. The fourth-order valence-electron chi connectivity index (χ4n) is 1.96. The number of alkyl halides is 3. The van der Waals surface area contributed by atoms with Gasteiger partial charge in [-0.05, 0) is 54.3 Å². The van der Waals surface area contributed by atoms with Gasteiger partial charge in [0.25, 0.3) is 0 Å². The molecule has 0 saturated heterocycles. The second-order valence-electron chi connectivity index (χ2n) is 4.46. The number of benzene rings is 2. The lowest BCUT2D eigenvalue weighted by molar-refractivity contribution is -0.137. The van der Waals surface area contributed by atoms with Crippen LogP contribution in [0, 0.1) is 13.8 Å². The van der Waals surface area contributed by atoms with Crippen molar-refractivity contribution in [3.05, 3.63) is 53.1 Å². The minimum absolute atomic E-state index is 0.188. The molecule has 1 nitrogen and oxygen atoms in total. The van der Waals surface area contributed by atoms with Crippen molar-refractivity contribution in [1.29, 1.82) is 0 Å². The van der Waals surface area contributed by atoms with E-state index in [1.807, 2.05) is 6.92 Å². The van der Waals surface area contributed by atoms with E-state index in [2.05, 4.69) is 0 Å². The van der Waals surface area contributed by atoms with Crippen LogP contribution in [0.25, 0.3) is 11.1 Å². The van der Waals surface area contributed by atoms with Crippen LogP contribution in [-0.4, -0.2) is 5.11 Å². The Morgan fingerprint density at radius 2 is 1.42 bits per heavy atom. The molecule has 0 aliphatic heterocycles. The molecule has 0 saturated carbocycles. The molecule has 19 heavy (non-hydrogen) atoms. The SMILES string of the molecule is Cc1c(O)ccc(-c2ccc(C(F)(F)F)cc2)c1C. The van der Waals surface area contributed by atoms with Gasteiger partial charge in [0.15, 0.2) is 0 Å². The van der Waals surface area contributed by atoms with E-state index in [-0.39, 0.29) is 5.75 Å². The van der Waals surface area contributed by atoms with E-state index >= 15 is 0 Å². The number of phenolic OH excluding ortho intramolecular Hbond substituents is 1. The summed E-state index contributed by atoms with van der Waals surface area (Å²) in [6.07, 6.45) is -4.32. The van der Waals surface area contributed by atoms with Crippen molar-refractivity contribution in [2.45, 2.75) is 20.0 Å². The molecule has 2 aromatic rings. The van der Waals surface area contributed by atoms with Crippen LogP contribution < -0.4 is 0 Å². The summed E-state index contributed by atoms with van der Waals surface area (Å²) in [5.41, 5.74) is 2.46. The molecule has 2 aromatic carbocycles. The normalized spacial score (nSPS) is 11.6. The maximum absolute atomic E-state index is 12.5. The van der Waals surface area contributed by atoms with Crippen molar-refractivity contribution in [2.75, 3.05) is 0 Å². The molecule has 2 rings (SSSR count). The first-order chi connectivity index (χ1) is 8.80. The molecular weight excluding hydrogens is 253 g/mol. The average molecular weight is 266 g/mol. The number of halogens is 3. The number of aromatic hydroxyl groups is 1. The highest BCUT2D eigenvalue weighted by atomic mass is 19.4. The van der Waals surface area contributed by atoms with Crippen LogP contribution in [0.4, 0.5) is 13.2 Å².